The van der Waals surface area contributed by atoms with E-state index >= 15 is 0 Å². The maximum Gasteiger partial charge on any atom is 0.235 e. The fourth-order valence-electron chi connectivity index (χ4n) is 3.76. The third kappa shape index (κ3) is 10.5. The fourth-order valence-corrected chi connectivity index (χ4v) is 4.70. The number of hydrogen-bond acceptors (Lipinski definition) is 7. The molecule has 1 atom stereocenters. The van der Waals surface area contributed by atoms with Gasteiger partial charge in [0.15, 0.2) is 23.0 Å². The zero-order chi connectivity index (χ0) is 28.3. The van der Waals surface area contributed by atoms with Gasteiger partial charge in [0.05, 0.1) is 39.6 Å². The number of thioether (sulfide) groups is 1. The molecule has 0 saturated carbocycles. The number of carbonyl (C=O) groups is 1. The molecule has 0 bridgehead atoms. The van der Waals surface area contributed by atoms with Gasteiger partial charge >= 0.3 is 0 Å². The molecule has 1 aromatic carbocycles. The van der Waals surface area contributed by atoms with Crippen molar-refractivity contribution < 1.29 is 23.7 Å². The summed E-state index contributed by atoms with van der Waals surface area (Å²) in [5.74, 6) is 3.24. The number of benzene rings is 1. The van der Waals surface area contributed by atoms with E-state index in [-0.39, 0.29) is 11.2 Å². The molecule has 1 amide bonds. The number of carbonyl (C=O) groups excluding carboxylic acids is 1. The first-order valence-electron chi connectivity index (χ1n) is 13.3. The van der Waals surface area contributed by atoms with Crippen LogP contribution in [0.4, 0.5) is 0 Å². The van der Waals surface area contributed by atoms with Crippen LogP contribution in [0.25, 0.3) is 0 Å². The Morgan fingerprint density at radius 2 is 1.63 bits per heavy atom. The molecule has 0 heterocycles. The quantitative estimate of drug-likeness (QED) is 0.117. The molecule has 0 aliphatic carbocycles. The molecule has 0 fully saturated rings. The molecular weight excluding hydrogens is 500 g/mol. The summed E-state index contributed by atoms with van der Waals surface area (Å²) in [6, 6.07) is 5.77. The van der Waals surface area contributed by atoms with Crippen molar-refractivity contribution in [2.24, 2.45) is 4.99 Å². The maximum absolute atomic E-state index is 13.0. The third-order valence-electron chi connectivity index (χ3n) is 5.85. The molecule has 1 unspecified atom stereocenters. The van der Waals surface area contributed by atoms with E-state index in [0.717, 1.165) is 43.6 Å². The highest BCUT2D eigenvalue weighted by Crippen LogP contribution is 2.29. The fraction of sp³-hybridized carbons (Fsp3) is 0.533. The van der Waals surface area contributed by atoms with Crippen LogP contribution in [0.5, 0.6) is 11.5 Å². The van der Waals surface area contributed by atoms with E-state index in [1.54, 1.807) is 40.2 Å². The Kier molecular flexibility index (Phi) is 16.8. The highest BCUT2D eigenvalue weighted by molar-refractivity contribution is 8.00. The van der Waals surface area contributed by atoms with E-state index in [9.17, 15) is 4.79 Å². The van der Waals surface area contributed by atoms with Gasteiger partial charge in [-0.25, -0.2) is 0 Å². The second-order valence-electron chi connectivity index (χ2n) is 8.34. The SMILES string of the molecule is CC\C=C/C(OC)=C(\C=C\C/C(=N\CSC(CC)C(=O)N(CC)CCC)c1ccc(OC)c(OC)c1)OC. The van der Waals surface area contributed by atoms with Crippen LogP contribution in [0.2, 0.25) is 0 Å². The summed E-state index contributed by atoms with van der Waals surface area (Å²) in [7, 11) is 6.48. The third-order valence-corrected chi connectivity index (χ3v) is 7.06. The number of allylic oxidation sites excluding steroid dienone is 4. The Bertz CT molecular complexity index is 971. The molecule has 0 aliphatic heterocycles. The van der Waals surface area contributed by atoms with Gasteiger partial charge in [0, 0.05) is 25.2 Å². The van der Waals surface area contributed by atoms with Crippen molar-refractivity contribution in [3.8, 4) is 11.5 Å². The molecule has 0 aliphatic rings. The van der Waals surface area contributed by atoms with Crippen LogP contribution in [0.15, 0.2) is 59.0 Å². The average molecular weight is 547 g/mol. The number of rotatable bonds is 18. The number of hydrogen-bond donors (Lipinski definition) is 0. The van der Waals surface area contributed by atoms with Crippen molar-refractivity contribution in [3.05, 3.63) is 59.6 Å². The minimum Gasteiger partial charge on any atom is -0.493 e. The summed E-state index contributed by atoms with van der Waals surface area (Å²) in [4.78, 5) is 19.9. The van der Waals surface area contributed by atoms with Crippen molar-refractivity contribution in [2.45, 2.75) is 58.6 Å². The van der Waals surface area contributed by atoms with Crippen LogP contribution in [0.1, 0.15) is 58.9 Å². The topological polar surface area (TPSA) is 69.6 Å². The molecule has 0 aromatic heterocycles. The molecule has 8 heteroatoms. The lowest BCUT2D eigenvalue weighted by Gasteiger charge is -2.24. The summed E-state index contributed by atoms with van der Waals surface area (Å²) in [5.41, 5.74) is 1.80. The molecule has 7 nitrogen and oxygen atoms in total. The zero-order valence-corrected chi connectivity index (χ0v) is 25.2. The Labute approximate surface area is 234 Å². The van der Waals surface area contributed by atoms with E-state index in [4.69, 9.17) is 23.9 Å². The first kappa shape index (κ1) is 33.2. The van der Waals surface area contributed by atoms with Gasteiger partial charge in [0.2, 0.25) is 5.91 Å². The number of methoxy groups -OCH3 is 4. The average Bonchev–Trinajstić information content (AvgIpc) is 2.95. The normalized spacial score (nSPS) is 13.4. The van der Waals surface area contributed by atoms with Crippen molar-refractivity contribution in [1.29, 1.82) is 0 Å². The second-order valence-corrected chi connectivity index (χ2v) is 9.50. The molecule has 0 saturated heterocycles. The van der Waals surface area contributed by atoms with E-state index < -0.39 is 0 Å². The first-order valence-corrected chi connectivity index (χ1v) is 14.3. The summed E-state index contributed by atoms with van der Waals surface area (Å²) < 4.78 is 22.0. The van der Waals surface area contributed by atoms with Crippen molar-refractivity contribution in [1.82, 2.24) is 4.90 Å². The molecule has 38 heavy (non-hydrogen) atoms. The Hall–Kier alpha value is -2.87. The first-order chi connectivity index (χ1) is 18.4. The molecule has 1 rings (SSSR count). The van der Waals surface area contributed by atoms with Gasteiger partial charge in [0.25, 0.3) is 0 Å². The predicted molar refractivity (Wildman–Crippen MR) is 159 cm³/mol. The van der Waals surface area contributed by atoms with Gasteiger partial charge in [-0.15, -0.1) is 11.8 Å². The summed E-state index contributed by atoms with van der Waals surface area (Å²) in [5, 5.41) is -0.120. The lowest BCUT2D eigenvalue weighted by molar-refractivity contribution is -0.130. The van der Waals surface area contributed by atoms with Crippen molar-refractivity contribution in [3.63, 3.8) is 0 Å². The van der Waals surface area contributed by atoms with Gasteiger partial charge in [-0.3, -0.25) is 9.79 Å². The Morgan fingerprint density at radius 1 is 0.974 bits per heavy atom. The monoisotopic (exact) mass is 546 g/mol. The molecular formula is C30H46N2O5S. The molecule has 212 valence electrons. The van der Waals surface area contributed by atoms with Gasteiger partial charge in [0.1, 0.15) is 0 Å². The number of nitrogens with zero attached hydrogens (tertiary/aromatic N) is 2. The van der Waals surface area contributed by atoms with E-state index in [1.807, 2.05) is 54.3 Å². The van der Waals surface area contributed by atoms with Gasteiger partial charge < -0.3 is 23.8 Å². The summed E-state index contributed by atoms with van der Waals surface area (Å²) in [6.07, 6.45) is 11.0. The van der Waals surface area contributed by atoms with Crippen LogP contribution < -0.4 is 9.47 Å². The maximum atomic E-state index is 13.0. The number of amides is 1. The minimum absolute atomic E-state index is 0.120. The minimum atomic E-state index is -0.120. The van der Waals surface area contributed by atoms with E-state index in [0.29, 0.717) is 35.3 Å². The molecule has 0 spiro atoms. The second kappa shape index (κ2) is 19.2. The Morgan fingerprint density at radius 3 is 2.16 bits per heavy atom. The van der Waals surface area contributed by atoms with Crippen LogP contribution in [-0.4, -0.2) is 69.2 Å². The van der Waals surface area contributed by atoms with Crippen LogP contribution in [-0.2, 0) is 14.3 Å². The standard InChI is InChI=1S/C30H46N2O5S/c1-9-13-16-25(34-5)26(35-6)17-14-15-24(23-18-19-27(36-7)28(21-23)37-8)31-22-38-29(11-3)30(33)32(12-4)20-10-2/h13-14,16-19,21,29H,9-12,15,20,22H2,1-8H3/b16-13-,17-14+,26-25-,31-24+. The zero-order valence-electron chi connectivity index (χ0n) is 24.4. The molecule has 0 radical (unpaired) electrons. The van der Waals surface area contributed by atoms with Gasteiger partial charge in [-0.1, -0.05) is 32.9 Å². The van der Waals surface area contributed by atoms with Gasteiger partial charge in [-0.05, 0) is 62.1 Å². The summed E-state index contributed by atoms with van der Waals surface area (Å²) in [6.45, 7) is 9.74. The highest BCUT2D eigenvalue weighted by atomic mass is 32.2. The molecule has 0 N–H and O–H groups in total. The van der Waals surface area contributed by atoms with Crippen LogP contribution >= 0.6 is 11.8 Å². The predicted octanol–water partition coefficient (Wildman–Crippen LogP) is 6.64. The van der Waals surface area contributed by atoms with Crippen LogP contribution in [0.3, 0.4) is 0 Å². The molecule has 1 aromatic rings. The van der Waals surface area contributed by atoms with Crippen molar-refractivity contribution >= 4 is 23.4 Å². The van der Waals surface area contributed by atoms with Crippen molar-refractivity contribution in [2.75, 3.05) is 47.4 Å². The largest absolute Gasteiger partial charge is 0.493 e. The smallest absolute Gasteiger partial charge is 0.235 e. The van der Waals surface area contributed by atoms with Crippen LogP contribution in [0, 0.1) is 0 Å². The summed E-state index contributed by atoms with van der Waals surface area (Å²) >= 11 is 1.58. The van der Waals surface area contributed by atoms with E-state index in [1.165, 1.54) is 0 Å². The number of aliphatic imine (C=N–C) groups is 1. The lowest BCUT2D eigenvalue weighted by Crippen LogP contribution is -2.38. The lowest BCUT2D eigenvalue weighted by atomic mass is 10.1. The Balaban J connectivity index is 3.26. The highest BCUT2D eigenvalue weighted by Gasteiger charge is 2.21. The van der Waals surface area contributed by atoms with Gasteiger partial charge in [-0.2, -0.15) is 0 Å². The van der Waals surface area contributed by atoms with E-state index in [2.05, 4.69) is 20.8 Å². The number of ether oxygens (including phenoxy) is 4.